The number of alkyl halides is 3. The first kappa shape index (κ1) is 16.1. The van der Waals surface area contributed by atoms with Gasteiger partial charge < -0.3 is 0 Å². The van der Waals surface area contributed by atoms with Crippen LogP contribution in [0.4, 0.5) is 19.0 Å². The maximum Gasteiger partial charge on any atom is 0.416 e. The van der Waals surface area contributed by atoms with E-state index in [1.54, 1.807) is 24.3 Å². The number of hydrogen-bond donors (Lipinski definition) is 0. The van der Waals surface area contributed by atoms with Crippen LogP contribution in [0.5, 0.6) is 0 Å². The summed E-state index contributed by atoms with van der Waals surface area (Å²) >= 11 is 17.3. The highest BCUT2D eigenvalue weighted by Gasteiger charge is 2.31. The quantitative estimate of drug-likeness (QED) is 0.500. The standard InChI is InChI=1S/C13H6Cl3F3N2/c14-9-3-1-7(2-4-9)12(16)21-11-6-8(13(17,18)19)5-10(15)20-11/h1-6H. The molecule has 0 saturated carbocycles. The number of pyridine rings is 1. The summed E-state index contributed by atoms with van der Waals surface area (Å²) in [5.41, 5.74) is -0.446. The maximum atomic E-state index is 12.7. The molecule has 0 fully saturated rings. The average Bonchev–Trinajstić information content (AvgIpc) is 2.37. The van der Waals surface area contributed by atoms with Gasteiger partial charge in [0.05, 0.1) is 5.56 Å². The molecule has 0 saturated heterocycles. The zero-order valence-corrected chi connectivity index (χ0v) is 12.4. The first-order valence-electron chi connectivity index (χ1n) is 5.50. The van der Waals surface area contributed by atoms with Gasteiger partial charge in [-0.2, -0.15) is 13.2 Å². The fraction of sp³-hybridized carbons (Fsp3) is 0.0769. The summed E-state index contributed by atoms with van der Waals surface area (Å²) in [6.07, 6.45) is -4.54. The lowest BCUT2D eigenvalue weighted by Gasteiger charge is -2.07. The van der Waals surface area contributed by atoms with Gasteiger partial charge in [-0.3, -0.25) is 0 Å². The molecule has 0 spiro atoms. The SMILES string of the molecule is FC(F)(F)c1cc(Cl)nc(N=C(Cl)c2ccc(Cl)cc2)c1. The second-order valence-electron chi connectivity index (χ2n) is 3.94. The predicted octanol–water partition coefficient (Wildman–Crippen LogP) is 5.72. The minimum absolute atomic E-state index is 0.0189. The molecule has 0 atom stereocenters. The molecule has 0 aliphatic rings. The van der Waals surface area contributed by atoms with E-state index in [0.717, 1.165) is 12.1 Å². The molecule has 0 amide bonds. The van der Waals surface area contributed by atoms with Gasteiger partial charge in [-0.15, -0.1) is 0 Å². The maximum absolute atomic E-state index is 12.7. The van der Waals surface area contributed by atoms with E-state index in [2.05, 4.69) is 9.98 Å². The van der Waals surface area contributed by atoms with Crippen LogP contribution in [-0.4, -0.2) is 10.2 Å². The van der Waals surface area contributed by atoms with Gasteiger partial charge in [0.15, 0.2) is 5.82 Å². The van der Waals surface area contributed by atoms with Crippen molar-refractivity contribution in [2.75, 3.05) is 0 Å². The van der Waals surface area contributed by atoms with E-state index in [4.69, 9.17) is 34.8 Å². The van der Waals surface area contributed by atoms with Crippen LogP contribution in [-0.2, 0) is 6.18 Å². The lowest BCUT2D eigenvalue weighted by Crippen LogP contribution is -2.05. The molecule has 1 aromatic carbocycles. The van der Waals surface area contributed by atoms with Crippen molar-refractivity contribution in [1.29, 1.82) is 0 Å². The van der Waals surface area contributed by atoms with Gasteiger partial charge in [0.2, 0.25) is 0 Å². The predicted molar refractivity (Wildman–Crippen MR) is 77.8 cm³/mol. The van der Waals surface area contributed by atoms with Gasteiger partial charge in [0.1, 0.15) is 10.3 Å². The molecular weight excluding hydrogens is 348 g/mol. The average molecular weight is 354 g/mol. The molecule has 0 N–H and O–H groups in total. The summed E-state index contributed by atoms with van der Waals surface area (Å²) < 4.78 is 38.0. The van der Waals surface area contributed by atoms with Gasteiger partial charge in [0.25, 0.3) is 0 Å². The van der Waals surface area contributed by atoms with E-state index in [1.165, 1.54) is 0 Å². The van der Waals surface area contributed by atoms with Gasteiger partial charge >= 0.3 is 6.18 Å². The number of rotatable bonds is 2. The molecular formula is C13H6Cl3F3N2. The number of benzene rings is 1. The number of halogens is 6. The lowest BCUT2D eigenvalue weighted by molar-refractivity contribution is -0.137. The first-order chi connectivity index (χ1) is 9.75. The van der Waals surface area contributed by atoms with Crippen molar-refractivity contribution in [2.24, 2.45) is 4.99 Å². The van der Waals surface area contributed by atoms with Crippen molar-refractivity contribution in [3.05, 3.63) is 57.7 Å². The Bertz CT molecular complexity index is 682. The number of aromatic nitrogens is 1. The molecule has 8 heteroatoms. The summed E-state index contributed by atoms with van der Waals surface area (Å²) in [7, 11) is 0. The molecule has 1 aromatic heterocycles. The van der Waals surface area contributed by atoms with Crippen LogP contribution in [0.15, 0.2) is 41.4 Å². The van der Waals surface area contributed by atoms with Gasteiger partial charge in [0, 0.05) is 10.6 Å². The molecule has 1 heterocycles. The Morgan fingerprint density at radius 2 is 1.67 bits per heavy atom. The van der Waals surface area contributed by atoms with E-state index in [1.807, 2.05) is 0 Å². The second kappa shape index (κ2) is 6.22. The van der Waals surface area contributed by atoms with Gasteiger partial charge in [-0.1, -0.05) is 46.9 Å². The van der Waals surface area contributed by atoms with Crippen molar-refractivity contribution >= 4 is 45.8 Å². The summed E-state index contributed by atoms with van der Waals surface area (Å²) in [5, 5.41) is 0.169. The topological polar surface area (TPSA) is 25.2 Å². The summed E-state index contributed by atoms with van der Waals surface area (Å²) in [5.74, 6) is -0.227. The monoisotopic (exact) mass is 352 g/mol. The Morgan fingerprint density at radius 3 is 2.24 bits per heavy atom. The Hall–Kier alpha value is -1.30. The molecule has 0 unspecified atom stereocenters. The minimum Gasteiger partial charge on any atom is -0.217 e. The smallest absolute Gasteiger partial charge is 0.217 e. The molecule has 0 aliphatic carbocycles. The number of nitrogens with zero attached hydrogens (tertiary/aromatic N) is 2. The van der Waals surface area contributed by atoms with Crippen LogP contribution in [0.1, 0.15) is 11.1 Å². The molecule has 21 heavy (non-hydrogen) atoms. The molecule has 2 rings (SSSR count). The van der Waals surface area contributed by atoms with E-state index in [-0.39, 0.29) is 16.1 Å². The first-order valence-corrected chi connectivity index (χ1v) is 6.64. The van der Waals surface area contributed by atoms with Gasteiger partial charge in [-0.05, 0) is 24.3 Å². The molecule has 0 bridgehead atoms. The van der Waals surface area contributed by atoms with Crippen molar-refractivity contribution < 1.29 is 13.2 Å². The Balaban J connectivity index is 2.40. The molecule has 2 aromatic rings. The van der Waals surface area contributed by atoms with Crippen LogP contribution >= 0.6 is 34.8 Å². The molecule has 0 aliphatic heterocycles. The number of hydrogen-bond acceptors (Lipinski definition) is 2. The highest BCUT2D eigenvalue weighted by atomic mass is 35.5. The van der Waals surface area contributed by atoms with E-state index >= 15 is 0 Å². The zero-order valence-electron chi connectivity index (χ0n) is 10.1. The van der Waals surface area contributed by atoms with E-state index in [0.29, 0.717) is 10.6 Å². The van der Waals surface area contributed by atoms with Crippen LogP contribution in [0.2, 0.25) is 10.2 Å². The largest absolute Gasteiger partial charge is 0.416 e. The Kier molecular flexibility index (Phi) is 4.76. The highest BCUT2D eigenvalue weighted by Crippen LogP contribution is 2.32. The van der Waals surface area contributed by atoms with Crippen LogP contribution in [0, 0.1) is 0 Å². The third-order valence-electron chi connectivity index (χ3n) is 2.40. The van der Waals surface area contributed by atoms with Gasteiger partial charge in [-0.25, -0.2) is 9.98 Å². The van der Waals surface area contributed by atoms with E-state index in [9.17, 15) is 13.2 Å². The minimum atomic E-state index is -4.54. The molecule has 2 nitrogen and oxygen atoms in total. The number of aliphatic imine (C=N–C) groups is 1. The second-order valence-corrected chi connectivity index (χ2v) is 5.13. The third-order valence-corrected chi connectivity index (χ3v) is 3.15. The summed E-state index contributed by atoms with van der Waals surface area (Å²) in [6.45, 7) is 0. The third kappa shape index (κ3) is 4.33. The normalized spacial score (nSPS) is 12.6. The van der Waals surface area contributed by atoms with Crippen molar-refractivity contribution in [3.8, 4) is 0 Å². The zero-order chi connectivity index (χ0) is 15.6. The summed E-state index contributed by atoms with van der Waals surface area (Å²) in [6, 6.07) is 7.83. The van der Waals surface area contributed by atoms with E-state index < -0.39 is 11.7 Å². The van der Waals surface area contributed by atoms with Crippen molar-refractivity contribution in [2.45, 2.75) is 6.18 Å². The highest BCUT2D eigenvalue weighted by molar-refractivity contribution is 6.69. The summed E-state index contributed by atoms with van der Waals surface area (Å²) in [4.78, 5) is 7.54. The fourth-order valence-corrected chi connectivity index (χ4v) is 2.00. The molecule has 110 valence electrons. The van der Waals surface area contributed by atoms with Crippen LogP contribution < -0.4 is 0 Å². The Morgan fingerprint density at radius 1 is 1.05 bits per heavy atom. The van der Waals surface area contributed by atoms with Crippen molar-refractivity contribution in [3.63, 3.8) is 0 Å². The molecule has 0 radical (unpaired) electrons. The Labute approximate surface area is 133 Å². The van der Waals surface area contributed by atoms with Crippen molar-refractivity contribution in [1.82, 2.24) is 4.98 Å². The van der Waals surface area contributed by atoms with Crippen LogP contribution in [0.25, 0.3) is 0 Å². The van der Waals surface area contributed by atoms with Crippen LogP contribution in [0.3, 0.4) is 0 Å². The lowest BCUT2D eigenvalue weighted by atomic mass is 10.2. The fourth-order valence-electron chi connectivity index (χ4n) is 1.46.